The Morgan fingerprint density at radius 3 is 2.79 bits per heavy atom. The topological polar surface area (TPSA) is 55.1 Å². The highest BCUT2D eigenvalue weighted by molar-refractivity contribution is 6.17. The zero-order chi connectivity index (χ0) is 10.4. The summed E-state index contributed by atoms with van der Waals surface area (Å²) in [5, 5.41) is 2.74. The summed E-state index contributed by atoms with van der Waals surface area (Å²) in [6.45, 7) is 0.580. The van der Waals surface area contributed by atoms with Crippen molar-refractivity contribution < 1.29 is 4.79 Å². The third-order valence-corrected chi connectivity index (χ3v) is 2.07. The Kier molecular flexibility index (Phi) is 4.26. The third-order valence-electron chi connectivity index (χ3n) is 1.80. The molecule has 76 valence electrons. The number of alkyl halides is 1. The largest absolute Gasteiger partial charge is 0.398 e. The fourth-order valence-electron chi connectivity index (χ4n) is 1.07. The molecular formula is C10H13ClN2O. The molecule has 0 saturated carbocycles. The van der Waals surface area contributed by atoms with E-state index in [1.807, 2.05) is 0 Å². The van der Waals surface area contributed by atoms with Crippen LogP contribution in [0.2, 0.25) is 0 Å². The number of halogens is 1. The normalized spacial score (nSPS) is 9.79. The molecule has 14 heavy (non-hydrogen) atoms. The van der Waals surface area contributed by atoms with Crippen LogP contribution in [-0.4, -0.2) is 18.3 Å². The Balaban J connectivity index is 2.56. The van der Waals surface area contributed by atoms with Crippen LogP contribution < -0.4 is 11.1 Å². The van der Waals surface area contributed by atoms with Gasteiger partial charge in [0.15, 0.2) is 0 Å². The van der Waals surface area contributed by atoms with E-state index >= 15 is 0 Å². The summed E-state index contributed by atoms with van der Waals surface area (Å²) < 4.78 is 0. The number of hydrogen-bond acceptors (Lipinski definition) is 2. The fraction of sp³-hybridized carbons (Fsp3) is 0.300. The molecule has 0 spiro atoms. The highest BCUT2D eigenvalue weighted by Crippen LogP contribution is 2.09. The number of anilines is 1. The van der Waals surface area contributed by atoms with Gasteiger partial charge in [-0.2, -0.15) is 0 Å². The maximum Gasteiger partial charge on any atom is 0.253 e. The second-order valence-electron chi connectivity index (χ2n) is 2.89. The Labute approximate surface area is 88.2 Å². The lowest BCUT2D eigenvalue weighted by Crippen LogP contribution is -2.25. The molecule has 0 radical (unpaired) electrons. The lowest BCUT2D eigenvalue weighted by molar-refractivity contribution is 0.0954. The number of nitrogens with one attached hydrogen (secondary N) is 1. The Morgan fingerprint density at radius 2 is 2.14 bits per heavy atom. The Bertz CT molecular complexity index is 315. The molecule has 0 aliphatic carbocycles. The van der Waals surface area contributed by atoms with Gasteiger partial charge in [0.2, 0.25) is 0 Å². The van der Waals surface area contributed by atoms with Gasteiger partial charge in [0.25, 0.3) is 5.91 Å². The van der Waals surface area contributed by atoms with Gasteiger partial charge in [-0.15, -0.1) is 11.6 Å². The Hall–Kier alpha value is -1.22. The number of carbonyl (C=O) groups is 1. The SMILES string of the molecule is Nc1ccccc1C(=O)NCCCCl. The molecule has 3 N–H and O–H groups in total. The highest BCUT2D eigenvalue weighted by atomic mass is 35.5. The van der Waals surface area contributed by atoms with Crippen molar-refractivity contribution in [3.63, 3.8) is 0 Å². The number of para-hydroxylation sites is 1. The van der Waals surface area contributed by atoms with Crippen LogP contribution in [0.3, 0.4) is 0 Å². The summed E-state index contributed by atoms with van der Waals surface area (Å²) >= 11 is 5.49. The molecule has 0 unspecified atom stereocenters. The van der Waals surface area contributed by atoms with Gasteiger partial charge in [0.05, 0.1) is 5.56 Å². The molecule has 0 saturated heterocycles. The molecule has 4 heteroatoms. The van der Waals surface area contributed by atoms with Crippen molar-refractivity contribution in [3.05, 3.63) is 29.8 Å². The molecule has 0 aliphatic rings. The number of nitrogens with two attached hydrogens (primary N) is 1. The summed E-state index contributed by atoms with van der Waals surface area (Å²) in [6.07, 6.45) is 0.764. The van der Waals surface area contributed by atoms with E-state index in [0.717, 1.165) is 6.42 Å². The average molecular weight is 213 g/mol. The van der Waals surface area contributed by atoms with Gasteiger partial charge in [-0.3, -0.25) is 4.79 Å². The number of hydrogen-bond donors (Lipinski definition) is 2. The first kappa shape index (κ1) is 10.9. The lowest BCUT2D eigenvalue weighted by atomic mass is 10.1. The van der Waals surface area contributed by atoms with Gasteiger partial charge in [-0.05, 0) is 18.6 Å². The van der Waals surface area contributed by atoms with Gasteiger partial charge < -0.3 is 11.1 Å². The van der Waals surface area contributed by atoms with Gasteiger partial charge in [-0.25, -0.2) is 0 Å². The first-order valence-corrected chi connectivity index (χ1v) is 4.98. The summed E-state index contributed by atoms with van der Waals surface area (Å²) in [5.74, 6) is 0.401. The molecule has 3 nitrogen and oxygen atoms in total. The Morgan fingerprint density at radius 1 is 1.43 bits per heavy atom. The number of amides is 1. The summed E-state index contributed by atoms with van der Waals surface area (Å²) in [7, 11) is 0. The van der Waals surface area contributed by atoms with Crippen LogP contribution in [-0.2, 0) is 0 Å². The maximum absolute atomic E-state index is 11.5. The van der Waals surface area contributed by atoms with E-state index in [0.29, 0.717) is 23.7 Å². The van der Waals surface area contributed by atoms with Crippen LogP contribution in [0.4, 0.5) is 5.69 Å². The van der Waals surface area contributed by atoms with Crippen LogP contribution in [0, 0.1) is 0 Å². The molecule has 0 fully saturated rings. The third kappa shape index (κ3) is 2.92. The van der Waals surface area contributed by atoms with Gasteiger partial charge in [0, 0.05) is 18.1 Å². The lowest BCUT2D eigenvalue weighted by Gasteiger charge is -2.05. The minimum Gasteiger partial charge on any atom is -0.398 e. The van der Waals surface area contributed by atoms with E-state index in [4.69, 9.17) is 17.3 Å². The van der Waals surface area contributed by atoms with Crippen molar-refractivity contribution in [2.24, 2.45) is 0 Å². The van der Waals surface area contributed by atoms with Crippen molar-refractivity contribution in [1.82, 2.24) is 5.32 Å². The number of nitrogen functional groups attached to an aromatic ring is 1. The zero-order valence-electron chi connectivity index (χ0n) is 7.79. The molecule has 1 aromatic carbocycles. The molecule has 1 rings (SSSR count). The number of rotatable bonds is 4. The van der Waals surface area contributed by atoms with Crippen molar-refractivity contribution in [2.75, 3.05) is 18.2 Å². The predicted molar refractivity (Wildman–Crippen MR) is 58.5 cm³/mol. The fourth-order valence-corrected chi connectivity index (χ4v) is 1.20. The predicted octanol–water partition coefficient (Wildman–Crippen LogP) is 1.63. The van der Waals surface area contributed by atoms with Crippen molar-refractivity contribution in [3.8, 4) is 0 Å². The van der Waals surface area contributed by atoms with Gasteiger partial charge >= 0.3 is 0 Å². The van der Waals surface area contributed by atoms with Crippen molar-refractivity contribution in [2.45, 2.75) is 6.42 Å². The van der Waals surface area contributed by atoms with Crippen molar-refractivity contribution in [1.29, 1.82) is 0 Å². The van der Waals surface area contributed by atoms with Crippen LogP contribution >= 0.6 is 11.6 Å². The molecule has 1 amide bonds. The highest BCUT2D eigenvalue weighted by Gasteiger charge is 2.06. The standard InChI is InChI=1S/C10H13ClN2O/c11-6-3-7-13-10(14)8-4-1-2-5-9(8)12/h1-2,4-5H,3,6-7,12H2,(H,13,14). The van der Waals surface area contributed by atoms with E-state index in [2.05, 4.69) is 5.32 Å². The minimum absolute atomic E-state index is 0.145. The summed E-state index contributed by atoms with van der Waals surface area (Å²) in [5.41, 5.74) is 6.65. The smallest absolute Gasteiger partial charge is 0.253 e. The molecule has 0 aromatic heterocycles. The summed E-state index contributed by atoms with van der Waals surface area (Å²) in [6, 6.07) is 6.99. The quantitative estimate of drug-likeness (QED) is 0.453. The van der Waals surface area contributed by atoms with E-state index in [-0.39, 0.29) is 5.91 Å². The van der Waals surface area contributed by atoms with E-state index in [1.165, 1.54) is 0 Å². The summed E-state index contributed by atoms with van der Waals surface area (Å²) in [4.78, 5) is 11.5. The number of carbonyl (C=O) groups excluding carboxylic acids is 1. The van der Waals surface area contributed by atoms with Crippen LogP contribution in [0.25, 0.3) is 0 Å². The maximum atomic E-state index is 11.5. The van der Waals surface area contributed by atoms with E-state index < -0.39 is 0 Å². The van der Waals surface area contributed by atoms with E-state index in [1.54, 1.807) is 24.3 Å². The van der Waals surface area contributed by atoms with Gasteiger partial charge in [-0.1, -0.05) is 12.1 Å². The molecule has 1 aromatic rings. The molecular weight excluding hydrogens is 200 g/mol. The van der Waals surface area contributed by atoms with Crippen LogP contribution in [0.15, 0.2) is 24.3 Å². The molecule has 0 heterocycles. The van der Waals surface area contributed by atoms with Crippen LogP contribution in [0.5, 0.6) is 0 Å². The second kappa shape index (κ2) is 5.50. The molecule has 0 atom stereocenters. The van der Waals surface area contributed by atoms with Crippen LogP contribution in [0.1, 0.15) is 16.8 Å². The first-order valence-electron chi connectivity index (χ1n) is 4.44. The van der Waals surface area contributed by atoms with E-state index in [9.17, 15) is 4.79 Å². The molecule has 0 aliphatic heterocycles. The zero-order valence-corrected chi connectivity index (χ0v) is 8.55. The second-order valence-corrected chi connectivity index (χ2v) is 3.26. The van der Waals surface area contributed by atoms with Gasteiger partial charge in [0.1, 0.15) is 0 Å². The first-order chi connectivity index (χ1) is 6.75. The monoisotopic (exact) mass is 212 g/mol. The van der Waals surface area contributed by atoms with Crippen molar-refractivity contribution >= 4 is 23.2 Å². The average Bonchev–Trinajstić information content (AvgIpc) is 2.18. The number of benzene rings is 1. The molecule has 0 bridgehead atoms. The minimum atomic E-state index is -0.145.